The van der Waals surface area contributed by atoms with Gasteiger partial charge in [-0.05, 0) is 32.0 Å². The number of hydrogen-bond acceptors (Lipinski definition) is 3. The SMILES string of the molecule is Cc1c(C(C)NC(=O)CCNC(=O)c2ccccc2)oc2ccccc12. The molecular weight excluding hydrogens is 328 g/mol. The Hall–Kier alpha value is -3.08. The van der Waals surface area contributed by atoms with Crippen molar-refractivity contribution in [3.05, 3.63) is 71.5 Å². The molecule has 0 saturated carbocycles. The van der Waals surface area contributed by atoms with Crippen molar-refractivity contribution in [2.75, 3.05) is 6.54 Å². The Morgan fingerprint density at radius 1 is 1.04 bits per heavy atom. The van der Waals surface area contributed by atoms with Crippen LogP contribution in [0.4, 0.5) is 0 Å². The number of amides is 2. The first-order chi connectivity index (χ1) is 12.6. The maximum absolute atomic E-state index is 12.2. The van der Waals surface area contributed by atoms with Gasteiger partial charge in [0, 0.05) is 29.5 Å². The van der Waals surface area contributed by atoms with E-state index < -0.39 is 0 Å². The molecule has 26 heavy (non-hydrogen) atoms. The Morgan fingerprint density at radius 3 is 2.46 bits per heavy atom. The predicted molar refractivity (Wildman–Crippen MR) is 101 cm³/mol. The first-order valence-corrected chi connectivity index (χ1v) is 8.67. The Labute approximate surface area is 152 Å². The third kappa shape index (κ3) is 3.94. The molecule has 134 valence electrons. The fourth-order valence-electron chi connectivity index (χ4n) is 2.97. The van der Waals surface area contributed by atoms with Gasteiger partial charge in [-0.1, -0.05) is 36.4 Å². The number of aryl methyl sites for hydroxylation is 1. The zero-order chi connectivity index (χ0) is 18.5. The van der Waals surface area contributed by atoms with Crippen LogP contribution in [0, 0.1) is 6.92 Å². The van der Waals surface area contributed by atoms with Gasteiger partial charge in [-0.25, -0.2) is 0 Å². The van der Waals surface area contributed by atoms with Gasteiger partial charge in [0.1, 0.15) is 11.3 Å². The number of para-hydroxylation sites is 1. The van der Waals surface area contributed by atoms with Crippen molar-refractivity contribution in [1.29, 1.82) is 0 Å². The Kier molecular flexibility index (Phi) is 5.37. The Bertz CT molecular complexity index is 915. The molecule has 2 amide bonds. The molecule has 0 spiro atoms. The van der Waals surface area contributed by atoms with E-state index in [1.54, 1.807) is 24.3 Å². The maximum Gasteiger partial charge on any atom is 0.251 e. The molecule has 2 aromatic carbocycles. The summed E-state index contributed by atoms with van der Waals surface area (Å²) in [6.07, 6.45) is 0.211. The van der Waals surface area contributed by atoms with Gasteiger partial charge in [-0.15, -0.1) is 0 Å². The number of nitrogens with one attached hydrogen (secondary N) is 2. The van der Waals surface area contributed by atoms with Gasteiger partial charge in [0.15, 0.2) is 0 Å². The summed E-state index contributed by atoms with van der Waals surface area (Å²) in [4.78, 5) is 24.1. The largest absolute Gasteiger partial charge is 0.459 e. The summed E-state index contributed by atoms with van der Waals surface area (Å²) in [6, 6.07) is 16.5. The van der Waals surface area contributed by atoms with Crippen LogP contribution >= 0.6 is 0 Å². The van der Waals surface area contributed by atoms with E-state index in [1.807, 2.05) is 44.2 Å². The fourth-order valence-corrected chi connectivity index (χ4v) is 2.97. The summed E-state index contributed by atoms with van der Waals surface area (Å²) in [7, 11) is 0. The molecule has 0 aliphatic heterocycles. The topological polar surface area (TPSA) is 71.3 Å². The lowest BCUT2D eigenvalue weighted by molar-refractivity contribution is -0.121. The highest BCUT2D eigenvalue weighted by Gasteiger charge is 2.18. The minimum absolute atomic E-state index is 0.134. The number of hydrogen-bond donors (Lipinski definition) is 2. The van der Waals surface area contributed by atoms with Crippen LogP contribution in [0.2, 0.25) is 0 Å². The van der Waals surface area contributed by atoms with Crippen molar-refractivity contribution in [1.82, 2.24) is 10.6 Å². The fraction of sp³-hybridized carbons (Fsp3) is 0.238. The van der Waals surface area contributed by atoms with Crippen molar-refractivity contribution >= 4 is 22.8 Å². The van der Waals surface area contributed by atoms with Crippen LogP contribution in [0.25, 0.3) is 11.0 Å². The van der Waals surface area contributed by atoms with Crippen molar-refractivity contribution in [2.45, 2.75) is 26.3 Å². The van der Waals surface area contributed by atoms with Crippen molar-refractivity contribution in [3.63, 3.8) is 0 Å². The molecular formula is C21H22N2O3. The van der Waals surface area contributed by atoms with Crippen LogP contribution in [0.1, 0.15) is 41.1 Å². The molecule has 5 heteroatoms. The zero-order valence-corrected chi connectivity index (χ0v) is 14.9. The van der Waals surface area contributed by atoms with Crippen LogP contribution in [0.15, 0.2) is 59.0 Å². The maximum atomic E-state index is 12.2. The highest BCUT2D eigenvalue weighted by Crippen LogP contribution is 2.29. The van der Waals surface area contributed by atoms with Gasteiger partial charge in [0.25, 0.3) is 5.91 Å². The van der Waals surface area contributed by atoms with E-state index in [2.05, 4.69) is 10.6 Å². The summed E-state index contributed by atoms with van der Waals surface area (Å²) in [5.41, 5.74) is 2.43. The molecule has 0 fully saturated rings. The second kappa shape index (κ2) is 7.87. The molecule has 0 aliphatic carbocycles. The number of furan rings is 1. The molecule has 0 bridgehead atoms. The van der Waals surface area contributed by atoms with Gasteiger partial charge in [-0.2, -0.15) is 0 Å². The summed E-state index contributed by atoms with van der Waals surface area (Å²) < 4.78 is 5.88. The molecule has 1 aromatic heterocycles. The Balaban J connectivity index is 1.52. The summed E-state index contributed by atoms with van der Waals surface area (Å²) in [5.74, 6) is 0.443. The molecule has 1 atom stereocenters. The van der Waals surface area contributed by atoms with E-state index in [0.717, 1.165) is 22.3 Å². The lowest BCUT2D eigenvalue weighted by Gasteiger charge is -2.13. The molecule has 0 aliphatic rings. The Morgan fingerprint density at radius 2 is 1.73 bits per heavy atom. The lowest BCUT2D eigenvalue weighted by atomic mass is 10.1. The average Bonchev–Trinajstić information content (AvgIpc) is 2.99. The van der Waals surface area contributed by atoms with Crippen LogP contribution < -0.4 is 10.6 Å². The normalized spacial score (nSPS) is 11.9. The molecule has 1 heterocycles. The number of fused-ring (bicyclic) bond motifs is 1. The van der Waals surface area contributed by atoms with Gasteiger partial charge in [-0.3, -0.25) is 9.59 Å². The smallest absolute Gasteiger partial charge is 0.251 e. The molecule has 2 N–H and O–H groups in total. The molecule has 1 unspecified atom stereocenters. The lowest BCUT2D eigenvalue weighted by Crippen LogP contribution is -2.32. The van der Waals surface area contributed by atoms with Crippen molar-refractivity contribution in [2.24, 2.45) is 0 Å². The van der Waals surface area contributed by atoms with E-state index in [9.17, 15) is 9.59 Å². The highest BCUT2D eigenvalue weighted by atomic mass is 16.3. The summed E-state index contributed by atoms with van der Waals surface area (Å²) in [5, 5.41) is 6.73. The second-order valence-electron chi connectivity index (χ2n) is 6.25. The van der Waals surface area contributed by atoms with Crippen LogP contribution in [0.3, 0.4) is 0 Å². The van der Waals surface area contributed by atoms with Crippen LogP contribution in [-0.4, -0.2) is 18.4 Å². The standard InChI is InChI=1S/C21H22N2O3/c1-14-17-10-6-7-11-18(17)26-20(14)15(2)23-19(24)12-13-22-21(25)16-8-4-3-5-9-16/h3-11,15H,12-13H2,1-2H3,(H,22,25)(H,23,24). The van der Waals surface area contributed by atoms with Crippen LogP contribution in [0.5, 0.6) is 0 Å². The monoisotopic (exact) mass is 350 g/mol. The number of carbonyl (C=O) groups is 2. The molecule has 3 rings (SSSR count). The molecule has 3 aromatic rings. The number of rotatable bonds is 6. The van der Waals surface area contributed by atoms with E-state index in [-0.39, 0.29) is 30.8 Å². The highest BCUT2D eigenvalue weighted by molar-refractivity contribution is 5.94. The molecule has 0 saturated heterocycles. The van der Waals surface area contributed by atoms with E-state index in [1.165, 1.54) is 0 Å². The van der Waals surface area contributed by atoms with Gasteiger partial charge < -0.3 is 15.1 Å². The minimum atomic E-state index is -0.236. The third-order valence-electron chi connectivity index (χ3n) is 4.32. The van der Waals surface area contributed by atoms with Gasteiger partial charge >= 0.3 is 0 Å². The zero-order valence-electron chi connectivity index (χ0n) is 14.9. The van der Waals surface area contributed by atoms with Gasteiger partial charge in [0.05, 0.1) is 6.04 Å². The van der Waals surface area contributed by atoms with E-state index in [0.29, 0.717) is 5.56 Å². The third-order valence-corrected chi connectivity index (χ3v) is 4.32. The average molecular weight is 350 g/mol. The second-order valence-corrected chi connectivity index (χ2v) is 6.25. The first kappa shape index (κ1) is 17.7. The minimum Gasteiger partial charge on any atom is -0.459 e. The van der Waals surface area contributed by atoms with E-state index in [4.69, 9.17) is 4.42 Å². The number of benzene rings is 2. The van der Waals surface area contributed by atoms with E-state index >= 15 is 0 Å². The first-order valence-electron chi connectivity index (χ1n) is 8.67. The predicted octanol–water partition coefficient (Wildman–Crippen LogP) is 3.74. The van der Waals surface area contributed by atoms with Gasteiger partial charge in [0.2, 0.25) is 5.91 Å². The molecule has 0 radical (unpaired) electrons. The number of carbonyl (C=O) groups excluding carboxylic acids is 2. The van der Waals surface area contributed by atoms with Crippen molar-refractivity contribution < 1.29 is 14.0 Å². The van der Waals surface area contributed by atoms with Crippen molar-refractivity contribution in [3.8, 4) is 0 Å². The summed E-state index contributed by atoms with van der Waals surface area (Å²) >= 11 is 0. The quantitative estimate of drug-likeness (QED) is 0.711. The molecule has 5 nitrogen and oxygen atoms in total. The summed E-state index contributed by atoms with van der Waals surface area (Å²) in [6.45, 7) is 4.17. The van der Waals surface area contributed by atoms with Crippen LogP contribution in [-0.2, 0) is 4.79 Å².